The molecule has 4 heteroatoms. The van der Waals surface area contributed by atoms with Crippen LogP contribution in [0.3, 0.4) is 0 Å². The Labute approximate surface area is 128 Å². The van der Waals surface area contributed by atoms with Crippen LogP contribution in [0.2, 0.25) is 0 Å². The van der Waals surface area contributed by atoms with Crippen LogP contribution >= 0.6 is 0 Å². The maximum atomic E-state index is 6.22. The van der Waals surface area contributed by atoms with Gasteiger partial charge in [0.05, 0.1) is 14.2 Å². The molecular formula is C17H28N2O2. The van der Waals surface area contributed by atoms with Crippen molar-refractivity contribution in [2.45, 2.75) is 38.8 Å². The van der Waals surface area contributed by atoms with Gasteiger partial charge < -0.3 is 15.2 Å². The van der Waals surface area contributed by atoms with E-state index in [2.05, 4.69) is 24.8 Å². The zero-order chi connectivity index (χ0) is 15.4. The van der Waals surface area contributed by atoms with Crippen molar-refractivity contribution in [3.63, 3.8) is 0 Å². The fourth-order valence-electron chi connectivity index (χ4n) is 3.22. The van der Waals surface area contributed by atoms with Gasteiger partial charge in [-0.25, -0.2) is 0 Å². The molecule has 0 radical (unpaired) electrons. The molecule has 1 aliphatic rings. The molecule has 1 heterocycles. The monoisotopic (exact) mass is 292 g/mol. The van der Waals surface area contributed by atoms with Crippen LogP contribution in [0.25, 0.3) is 0 Å². The van der Waals surface area contributed by atoms with Crippen molar-refractivity contribution in [2.24, 2.45) is 11.7 Å². The van der Waals surface area contributed by atoms with Gasteiger partial charge in [-0.3, -0.25) is 4.90 Å². The summed E-state index contributed by atoms with van der Waals surface area (Å²) in [6.07, 6.45) is 2.21. The normalized spacial score (nSPS) is 24.6. The summed E-state index contributed by atoms with van der Waals surface area (Å²) in [4.78, 5) is 2.52. The number of nitrogens with two attached hydrogens (primary N) is 1. The highest BCUT2D eigenvalue weighted by molar-refractivity contribution is 5.42. The third-order valence-electron chi connectivity index (χ3n) is 4.79. The summed E-state index contributed by atoms with van der Waals surface area (Å²) in [5.41, 5.74) is 7.43. The van der Waals surface area contributed by atoms with E-state index in [1.807, 2.05) is 12.1 Å². The summed E-state index contributed by atoms with van der Waals surface area (Å²) in [6, 6.07) is 6.74. The van der Waals surface area contributed by atoms with Crippen LogP contribution in [0, 0.1) is 5.92 Å². The molecule has 2 rings (SSSR count). The molecule has 1 aromatic rings. The molecule has 1 aliphatic heterocycles. The number of methoxy groups -OCH3 is 2. The van der Waals surface area contributed by atoms with Crippen LogP contribution in [0.15, 0.2) is 18.2 Å². The first-order valence-electron chi connectivity index (χ1n) is 7.82. The summed E-state index contributed by atoms with van der Waals surface area (Å²) in [5, 5.41) is 0. The second-order valence-electron chi connectivity index (χ2n) is 5.90. The number of ether oxygens (including phenoxy) is 2. The van der Waals surface area contributed by atoms with E-state index in [9.17, 15) is 0 Å². The Balaban J connectivity index is 2.17. The van der Waals surface area contributed by atoms with Crippen molar-refractivity contribution in [2.75, 3.05) is 27.3 Å². The van der Waals surface area contributed by atoms with E-state index in [0.717, 1.165) is 37.4 Å². The molecule has 118 valence electrons. The van der Waals surface area contributed by atoms with E-state index in [0.29, 0.717) is 18.0 Å². The first kappa shape index (κ1) is 16.1. The van der Waals surface area contributed by atoms with Gasteiger partial charge in [-0.1, -0.05) is 19.4 Å². The number of likely N-dealkylation sites (tertiary alicyclic amines) is 1. The number of hydrogen-bond acceptors (Lipinski definition) is 4. The van der Waals surface area contributed by atoms with Crippen LogP contribution in [0.1, 0.15) is 38.3 Å². The zero-order valence-electron chi connectivity index (χ0n) is 13.6. The second kappa shape index (κ2) is 7.14. The van der Waals surface area contributed by atoms with Gasteiger partial charge in [-0.15, -0.1) is 0 Å². The van der Waals surface area contributed by atoms with Crippen molar-refractivity contribution in [1.82, 2.24) is 4.90 Å². The highest BCUT2D eigenvalue weighted by Gasteiger charge is 2.29. The van der Waals surface area contributed by atoms with Gasteiger partial charge in [0.15, 0.2) is 0 Å². The average molecular weight is 292 g/mol. The van der Waals surface area contributed by atoms with Gasteiger partial charge in [0.1, 0.15) is 11.5 Å². The van der Waals surface area contributed by atoms with Gasteiger partial charge in [0, 0.05) is 36.8 Å². The fraction of sp³-hybridized carbons (Fsp3) is 0.647. The standard InChI is InChI=1S/C17H28N2O2/c1-5-13-11-19(9-8-16(13)18)12(2)15-7-6-14(20-3)10-17(15)21-4/h6-7,10,12-13,16H,5,8-9,11,18H2,1-4H3. The molecule has 0 saturated carbocycles. The molecule has 0 amide bonds. The van der Waals surface area contributed by atoms with Gasteiger partial charge in [0.25, 0.3) is 0 Å². The van der Waals surface area contributed by atoms with E-state index < -0.39 is 0 Å². The predicted octanol–water partition coefficient (Wildman–Crippen LogP) is 2.82. The molecule has 0 aliphatic carbocycles. The average Bonchev–Trinajstić information content (AvgIpc) is 2.54. The van der Waals surface area contributed by atoms with Crippen LogP contribution in [-0.2, 0) is 0 Å². The second-order valence-corrected chi connectivity index (χ2v) is 5.90. The minimum absolute atomic E-state index is 0.326. The smallest absolute Gasteiger partial charge is 0.127 e. The Morgan fingerprint density at radius 1 is 1.33 bits per heavy atom. The summed E-state index contributed by atoms with van der Waals surface area (Å²) < 4.78 is 10.8. The van der Waals surface area contributed by atoms with Crippen molar-refractivity contribution < 1.29 is 9.47 Å². The number of nitrogens with zero attached hydrogens (tertiary/aromatic N) is 1. The molecule has 2 N–H and O–H groups in total. The lowest BCUT2D eigenvalue weighted by Gasteiger charge is -2.40. The molecular weight excluding hydrogens is 264 g/mol. The van der Waals surface area contributed by atoms with Crippen LogP contribution in [0.4, 0.5) is 0 Å². The third-order valence-corrected chi connectivity index (χ3v) is 4.79. The zero-order valence-corrected chi connectivity index (χ0v) is 13.6. The largest absolute Gasteiger partial charge is 0.497 e. The van der Waals surface area contributed by atoms with E-state index in [-0.39, 0.29) is 0 Å². The summed E-state index contributed by atoms with van der Waals surface area (Å²) in [6.45, 7) is 6.59. The van der Waals surface area contributed by atoms with Gasteiger partial charge in [-0.05, 0) is 25.3 Å². The Kier molecular flexibility index (Phi) is 5.48. The molecule has 0 spiro atoms. The van der Waals surface area contributed by atoms with E-state index in [1.54, 1.807) is 14.2 Å². The number of hydrogen-bond donors (Lipinski definition) is 1. The van der Waals surface area contributed by atoms with Gasteiger partial charge in [-0.2, -0.15) is 0 Å². The quantitative estimate of drug-likeness (QED) is 0.906. The molecule has 1 fully saturated rings. The Morgan fingerprint density at radius 2 is 2.10 bits per heavy atom. The van der Waals surface area contributed by atoms with Gasteiger partial charge >= 0.3 is 0 Å². The lowest BCUT2D eigenvalue weighted by molar-refractivity contribution is 0.113. The summed E-state index contributed by atoms with van der Waals surface area (Å²) >= 11 is 0. The minimum atomic E-state index is 0.326. The molecule has 3 unspecified atom stereocenters. The Bertz CT molecular complexity index is 464. The molecule has 1 aromatic carbocycles. The predicted molar refractivity (Wildman–Crippen MR) is 85.9 cm³/mol. The minimum Gasteiger partial charge on any atom is -0.497 e. The first-order valence-corrected chi connectivity index (χ1v) is 7.82. The van der Waals surface area contributed by atoms with Crippen molar-refractivity contribution in [1.29, 1.82) is 0 Å². The number of piperidine rings is 1. The number of benzene rings is 1. The fourth-order valence-corrected chi connectivity index (χ4v) is 3.22. The van der Waals surface area contributed by atoms with E-state index in [4.69, 9.17) is 15.2 Å². The summed E-state index contributed by atoms with van der Waals surface area (Å²) in [7, 11) is 3.39. The lowest BCUT2D eigenvalue weighted by atomic mass is 9.89. The number of rotatable bonds is 5. The highest BCUT2D eigenvalue weighted by atomic mass is 16.5. The molecule has 21 heavy (non-hydrogen) atoms. The molecule has 1 saturated heterocycles. The molecule has 4 nitrogen and oxygen atoms in total. The van der Waals surface area contributed by atoms with E-state index >= 15 is 0 Å². The topological polar surface area (TPSA) is 47.7 Å². The highest BCUT2D eigenvalue weighted by Crippen LogP contribution is 2.34. The van der Waals surface area contributed by atoms with Crippen LogP contribution in [-0.4, -0.2) is 38.3 Å². The van der Waals surface area contributed by atoms with Gasteiger partial charge in [0.2, 0.25) is 0 Å². The van der Waals surface area contributed by atoms with Crippen LogP contribution < -0.4 is 15.2 Å². The molecule has 3 atom stereocenters. The maximum Gasteiger partial charge on any atom is 0.127 e. The first-order chi connectivity index (χ1) is 10.1. The lowest BCUT2D eigenvalue weighted by Crippen LogP contribution is -2.47. The molecule has 0 aromatic heterocycles. The van der Waals surface area contributed by atoms with Crippen molar-refractivity contribution in [3.8, 4) is 11.5 Å². The Morgan fingerprint density at radius 3 is 2.71 bits per heavy atom. The van der Waals surface area contributed by atoms with Crippen molar-refractivity contribution in [3.05, 3.63) is 23.8 Å². The third kappa shape index (κ3) is 3.50. The summed E-state index contributed by atoms with van der Waals surface area (Å²) in [5.74, 6) is 2.31. The van der Waals surface area contributed by atoms with E-state index in [1.165, 1.54) is 5.56 Å². The Hall–Kier alpha value is -1.26. The van der Waals surface area contributed by atoms with Crippen LogP contribution in [0.5, 0.6) is 11.5 Å². The SMILES string of the molecule is CCC1CN(C(C)c2ccc(OC)cc2OC)CCC1N. The molecule has 0 bridgehead atoms. The maximum absolute atomic E-state index is 6.22. The van der Waals surface area contributed by atoms with Crippen molar-refractivity contribution >= 4 is 0 Å².